The Morgan fingerprint density at radius 1 is 1.21 bits per heavy atom. The molecule has 1 aliphatic rings. The molecule has 1 atom stereocenters. The number of aryl methyl sites for hydroxylation is 2. The summed E-state index contributed by atoms with van der Waals surface area (Å²) in [5.41, 5.74) is 2.21. The Hall–Kier alpha value is -2.09. The van der Waals surface area contributed by atoms with Gasteiger partial charge in [-0.05, 0) is 53.0 Å². The topological polar surface area (TPSA) is 89.9 Å². The zero-order valence-electron chi connectivity index (χ0n) is 17.9. The molecule has 0 amide bonds. The number of ketones is 1. The molecule has 0 aromatic carbocycles. The summed E-state index contributed by atoms with van der Waals surface area (Å²) in [5, 5.41) is 9.05. The third-order valence-corrected chi connectivity index (χ3v) is 6.65. The largest absolute Gasteiger partial charge is 0.462 e. The van der Waals surface area contributed by atoms with E-state index in [1.54, 1.807) is 20.8 Å². The first kappa shape index (κ1) is 21.6. The fraction of sp³-hybridized carbons (Fsp3) is 0.619. The van der Waals surface area contributed by atoms with E-state index >= 15 is 0 Å². The number of aromatic nitrogens is 4. The highest BCUT2D eigenvalue weighted by Crippen LogP contribution is 2.34. The number of aromatic amines is 1. The maximum absolute atomic E-state index is 13.1. The summed E-state index contributed by atoms with van der Waals surface area (Å²) in [5.74, 6) is 0.448. The molecule has 1 aliphatic carbocycles. The molecular weight excluding hydrogens is 388 g/mol. The minimum absolute atomic E-state index is 0.0537. The maximum atomic E-state index is 13.1. The van der Waals surface area contributed by atoms with Crippen molar-refractivity contribution in [1.82, 2.24) is 19.7 Å². The van der Waals surface area contributed by atoms with Crippen LogP contribution in [0.2, 0.25) is 0 Å². The van der Waals surface area contributed by atoms with Crippen LogP contribution in [-0.4, -0.2) is 43.4 Å². The van der Waals surface area contributed by atoms with E-state index in [4.69, 9.17) is 4.74 Å². The highest BCUT2D eigenvalue weighted by molar-refractivity contribution is 8.00. The number of thioether (sulfide) groups is 1. The monoisotopic (exact) mass is 418 g/mol. The van der Waals surface area contributed by atoms with Crippen molar-refractivity contribution < 1.29 is 14.3 Å². The van der Waals surface area contributed by atoms with Gasteiger partial charge in [0.2, 0.25) is 0 Å². The third kappa shape index (κ3) is 4.42. The molecule has 3 rings (SSSR count). The van der Waals surface area contributed by atoms with E-state index in [0.29, 0.717) is 35.2 Å². The van der Waals surface area contributed by atoms with Crippen molar-refractivity contribution in [3.05, 3.63) is 28.3 Å². The molecule has 7 nitrogen and oxygen atoms in total. The van der Waals surface area contributed by atoms with Gasteiger partial charge < -0.3 is 14.3 Å². The summed E-state index contributed by atoms with van der Waals surface area (Å²) < 4.78 is 7.33. The van der Waals surface area contributed by atoms with Crippen molar-refractivity contribution in [1.29, 1.82) is 0 Å². The van der Waals surface area contributed by atoms with Gasteiger partial charge in [0.1, 0.15) is 5.82 Å². The molecule has 0 unspecified atom stereocenters. The lowest BCUT2D eigenvalue weighted by Gasteiger charge is -2.25. The van der Waals surface area contributed by atoms with Gasteiger partial charge in [-0.15, -0.1) is 10.2 Å². The van der Waals surface area contributed by atoms with Crippen molar-refractivity contribution >= 4 is 23.5 Å². The Labute approximate surface area is 176 Å². The Kier molecular flexibility index (Phi) is 6.82. The number of nitrogens with one attached hydrogen (secondary N) is 1. The van der Waals surface area contributed by atoms with E-state index in [9.17, 15) is 9.59 Å². The SMILES string of the molecule is CCOC(=O)c1c(C)[nH]c(C(=O)[C@H](C)Sc2nnc(C)n2C2CCCCC2)c1C. The van der Waals surface area contributed by atoms with Gasteiger partial charge >= 0.3 is 5.97 Å². The molecule has 1 saturated carbocycles. The van der Waals surface area contributed by atoms with Gasteiger partial charge in [0, 0.05) is 11.7 Å². The molecule has 1 fully saturated rings. The molecule has 29 heavy (non-hydrogen) atoms. The molecule has 2 heterocycles. The number of H-pyrrole nitrogens is 1. The molecule has 158 valence electrons. The summed E-state index contributed by atoms with van der Waals surface area (Å²) >= 11 is 1.43. The standard InChI is InChI=1S/C21H30N4O3S/c1-6-28-20(27)17-12(2)18(22-13(17)3)19(26)14(4)29-21-24-23-15(5)25(21)16-10-8-7-9-11-16/h14,16,22H,6-11H2,1-5H3/t14-/m0/s1. The van der Waals surface area contributed by atoms with Crippen LogP contribution in [-0.2, 0) is 4.74 Å². The maximum Gasteiger partial charge on any atom is 0.340 e. The van der Waals surface area contributed by atoms with E-state index in [-0.39, 0.29) is 11.0 Å². The lowest BCUT2D eigenvalue weighted by molar-refractivity contribution is 0.0525. The first-order valence-corrected chi connectivity index (χ1v) is 11.2. The van der Waals surface area contributed by atoms with Crippen molar-refractivity contribution in [2.75, 3.05) is 6.61 Å². The number of hydrogen-bond donors (Lipinski definition) is 1. The van der Waals surface area contributed by atoms with Crippen molar-refractivity contribution in [2.24, 2.45) is 0 Å². The number of carbonyl (C=O) groups excluding carboxylic acids is 2. The van der Waals surface area contributed by atoms with Crippen LogP contribution in [0.25, 0.3) is 0 Å². The quantitative estimate of drug-likeness (QED) is 0.402. The Morgan fingerprint density at radius 3 is 2.55 bits per heavy atom. The van der Waals surface area contributed by atoms with Crippen LogP contribution in [0.5, 0.6) is 0 Å². The second-order valence-corrected chi connectivity index (χ2v) is 8.97. The van der Waals surface area contributed by atoms with Gasteiger partial charge in [-0.25, -0.2) is 4.79 Å². The number of nitrogens with zero attached hydrogens (tertiary/aromatic N) is 3. The fourth-order valence-electron chi connectivity index (χ4n) is 4.11. The lowest BCUT2D eigenvalue weighted by atomic mass is 9.95. The summed E-state index contributed by atoms with van der Waals surface area (Å²) in [6.45, 7) is 9.50. The van der Waals surface area contributed by atoms with Crippen LogP contribution in [0.15, 0.2) is 5.16 Å². The molecule has 0 bridgehead atoms. The molecule has 2 aromatic heterocycles. The number of ether oxygens (including phenoxy) is 1. The van der Waals surface area contributed by atoms with Gasteiger partial charge in [-0.2, -0.15) is 0 Å². The molecule has 0 saturated heterocycles. The van der Waals surface area contributed by atoms with Crippen LogP contribution in [0.1, 0.15) is 89.9 Å². The third-order valence-electron chi connectivity index (χ3n) is 5.59. The molecule has 8 heteroatoms. The van der Waals surface area contributed by atoms with E-state index in [2.05, 4.69) is 19.7 Å². The predicted molar refractivity (Wildman–Crippen MR) is 113 cm³/mol. The first-order chi connectivity index (χ1) is 13.8. The average Bonchev–Trinajstić information content (AvgIpc) is 3.20. The average molecular weight is 419 g/mol. The summed E-state index contributed by atoms with van der Waals surface area (Å²) in [4.78, 5) is 28.5. The Bertz CT molecular complexity index is 896. The predicted octanol–water partition coefficient (Wildman–Crippen LogP) is 4.58. The van der Waals surface area contributed by atoms with Crippen LogP contribution in [0, 0.1) is 20.8 Å². The Balaban J connectivity index is 1.80. The molecule has 1 N–H and O–H groups in total. The minimum atomic E-state index is -0.397. The van der Waals surface area contributed by atoms with Crippen LogP contribution in [0.4, 0.5) is 0 Å². The summed E-state index contributed by atoms with van der Waals surface area (Å²) in [6.07, 6.45) is 5.99. The normalized spacial score (nSPS) is 16.0. The van der Waals surface area contributed by atoms with Crippen molar-refractivity contribution in [3.63, 3.8) is 0 Å². The van der Waals surface area contributed by atoms with Gasteiger partial charge in [0.15, 0.2) is 10.9 Å². The second-order valence-electron chi connectivity index (χ2n) is 7.66. The summed E-state index contributed by atoms with van der Waals surface area (Å²) in [6, 6.07) is 0.411. The highest BCUT2D eigenvalue weighted by atomic mass is 32.2. The van der Waals surface area contributed by atoms with Gasteiger partial charge in [-0.3, -0.25) is 4.79 Å². The minimum Gasteiger partial charge on any atom is -0.462 e. The van der Waals surface area contributed by atoms with Crippen LogP contribution >= 0.6 is 11.8 Å². The zero-order chi connectivity index (χ0) is 21.1. The number of hydrogen-bond acceptors (Lipinski definition) is 6. The van der Waals surface area contributed by atoms with E-state index < -0.39 is 5.97 Å². The summed E-state index contributed by atoms with van der Waals surface area (Å²) in [7, 11) is 0. The molecule has 0 spiro atoms. The van der Waals surface area contributed by atoms with Gasteiger partial charge in [0.05, 0.1) is 23.1 Å². The fourth-order valence-corrected chi connectivity index (χ4v) is 5.13. The molecule has 0 aliphatic heterocycles. The van der Waals surface area contributed by atoms with Gasteiger partial charge in [0.25, 0.3) is 0 Å². The van der Waals surface area contributed by atoms with E-state index in [1.165, 1.54) is 31.0 Å². The number of carbonyl (C=O) groups is 2. The smallest absolute Gasteiger partial charge is 0.340 e. The van der Waals surface area contributed by atoms with Crippen molar-refractivity contribution in [2.45, 2.75) is 83.2 Å². The molecule has 0 radical (unpaired) electrons. The number of rotatable bonds is 7. The van der Waals surface area contributed by atoms with Crippen LogP contribution in [0.3, 0.4) is 0 Å². The second kappa shape index (κ2) is 9.15. The molecule has 2 aromatic rings. The first-order valence-electron chi connectivity index (χ1n) is 10.3. The Morgan fingerprint density at radius 2 is 1.90 bits per heavy atom. The van der Waals surface area contributed by atoms with Crippen molar-refractivity contribution in [3.8, 4) is 0 Å². The lowest BCUT2D eigenvalue weighted by Crippen LogP contribution is -2.19. The number of Topliss-reactive ketones (excluding diaryl/α,β-unsaturated/α-hetero) is 1. The van der Waals surface area contributed by atoms with Crippen LogP contribution < -0.4 is 0 Å². The van der Waals surface area contributed by atoms with E-state index in [0.717, 1.165) is 23.8 Å². The molecular formula is C21H30N4O3S. The zero-order valence-corrected chi connectivity index (χ0v) is 18.7. The number of esters is 1. The van der Waals surface area contributed by atoms with Gasteiger partial charge in [-0.1, -0.05) is 31.0 Å². The van der Waals surface area contributed by atoms with E-state index in [1.807, 2.05) is 13.8 Å². The highest BCUT2D eigenvalue weighted by Gasteiger charge is 2.28.